The Morgan fingerprint density at radius 2 is 1.91 bits per heavy atom. The fourth-order valence-electron chi connectivity index (χ4n) is 1.45. The van der Waals surface area contributed by atoms with Crippen LogP contribution in [0.3, 0.4) is 0 Å². The van der Waals surface area contributed by atoms with Crippen LogP contribution in [0.15, 0.2) is 24.3 Å². The minimum Gasteiger partial charge on any atom is -0.364 e. The highest BCUT2D eigenvalue weighted by Gasteiger charge is 2.25. The molecule has 0 radical (unpaired) electrons. The summed E-state index contributed by atoms with van der Waals surface area (Å²) in [6, 6.07) is 7.74. The van der Waals surface area contributed by atoms with Crippen molar-refractivity contribution < 1.29 is 9.84 Å². The molecule has 0 saturated carbocycles. The average molecular weight is 150 g/mol. The van der Waals surface area contributed by atoms with Crippen LogP contribution in [0.4, 0.5) is 0 Å². The van der Waals surface area contributed by atoms with Crippen LogP contribution in [0.25, 0.3) is 0 Å². The second-order valence-electron chi connectivity index (χ2n) is 2.76. The van der Waals surface area contributed by atoms with Gasteiger partial charge in [-0.05, 0) is 12.5 Å². The van der Waals surface area contributed by atoms with Gasteiger partial charge in [-0.1, -0.05) is 24.3 Å². The van der Waals surface area contributed by atoms with Crippen molar-refractivity contribution >= 4 is 0 Å². The van der Waals surface area contributed by atoms with Crippen molar-refractivity contribution in [3.05, 3.63) is 35.4 Å². The first-order valence-electron chi connectivity index (χ1n) is 3.71. The molecule has 1 N–H and O–H groups in total. The lowest BCUT2D eigenvalue weighted by molar-refractivity contribution is -0.115. The van der Waals surface area contributed by atoms with Gasteiger partial charge in [-0.2, -0.15) is 0 Å². The highest BCUT2D eigenvalue weighted by molar-refractivity contribution is 5.32. The maximum atomic E-state index is 9.33. The molecule has 2 heteroatoms. The first-order chi connectivity index (χ1) is 5.29. The molecule has 2 atom stereocenters. The normalized spacial score (nSPS) is 28.5. The summed E-state index contributed by atoms with van der Waals surface area (Å²) in [6.45, 7) is 1.94. The minimum atomic E-state index is -0.721. The number of rotatable bonds is 0. The van der Waals surface area contributed by atoms with E-state index >= 15 is 0 Å². The number of aliphatic hydroxyl groups is 1. The number of fused-ring (bicyclic) bond motifs is 1. The van der Waals surface area contributed by atoms with E-state index in [0.29, 0.717) is 0 Å². The number of hydrogen-bond acceptors (Lipinski definition) is 2. The van der Waals surface area contributed by atoms with Crippen LogP contribution >= 0.6 is 0 Å². The Hall–Kier alpha value is -0.860. The van der Waals surface area contributed by atoms with Crippen LogP contribution in [-0.4, -0.2) is 5.11 Å². The Bertz CT molecular complexity index is 243. The lowest BCUT2D eigenvalue weighted by Crippen LogP contribution is -1.92. The van der Waals surface area contributed by atoms with E-state index in [0.717, 1.165) is 11.1 Å². The van der Waals surface area contributed by atoms with E-state index in [2.05, 4.69) is 0 Å². The van der Waals surface area contributed by atoms with Crippen molar-refractivity contribution in [3.8, 4) is 0 Å². The summed E-state index contributed by atoms with van der Waals surface area (Å²) < 4.78 is 5.19. The van der Waals surface area contributed by atoms with Crippen molar-refractivity contribution in [2.24, 2.45) is 0 Å². The summed E-state index contributed by atoms with van der Waals surface area (Å²) in [4.78, 5) is 0. The molecular weight excluding hydrogens is 140 g/mol. The zero-order valence-corrected chi connectivity index (χ0v) is 6.32. The Morgan fingerprint density at radius 1 is 1.27 bits per heavy atom. The monoisotopic (exact) mass is 150 g/mol. The van der Waals surface area contributed by atoms with E-state index in [-0.39, 0.29) is 6.10 Å². The van der Waals surface area contributed by atoms with Crippen LogP contribution in [0.5, 0.6) is 0 Å². The molecule has 58 valence electrons. The molecule has 0 aromatic heterocycles. The third kappa shape index (κ3) is 0.951. The molecule has 1 aromatic rings. The predicted molar refractivity (Wildman–Crippen MR) is 40.9 cm³/mol. The fraction of sp³-hybridized carbons (Fsp3) is 0.333. The molecule has 0 spiro atoms. The van der Waals surface area contributed by atoms with Crippen molar-refractivity contribution in [2.75, 3.05) is 0 Å². The Labute approximate surface area is 65.4 Å². The summed E-state index contributed by atoms with van der Waals surface area (Å²) in [5, 5.41) is 9.33. The van der Waals surface area contributed by atoms with E-state index in [1.165, 1.54) is 0 Å². The summed E-state index contributed by atoms with van der Waals surface area (Å²) >= 11 is 0. The zero-order valence-electron chi connectivity index (χ0n) is 6.32. The van der Waals surface area contributed by atoms with Gasteiger partial charge in [0.05, 0.1) is 6.10 Å². The maximum absolute atomic E-state index is 9.33. The maximum Gasteiger partial charge on any atom is 0.182 e. The van der Waals surface area contributed by atoms with Gasteiger partial charge in [-0.25, -0.2) is 0 Å². The molecule has 1 heterocycles. The Morgan fingerprint density at radius 3 is 2.55 bits per heavy atom. The first-order valence-corrected chi connectivity index (χ1v) is 3.71. The molecule has 1 aliphatic heterocycles. The minimum absolute atomic E-state index is 0.0289. The lowest BCUT2D eigenvalue weighted by atomic mass is 10.1. The van der Waals surface area contributed by atoms with Crippen LogP contribution in [0.1, 0.15) is 30.4 Å². The van der Waals surface area contributed by atoms with Crippen molar-refractivity contribution in [2.45, 2.75) is 19.3 Å². The second kappa shape index (κ2) is 2.32. The van der Waals surface area contributed by atoms with E-state index in [4.69, 9.17) is 4.74 Å². The van der Waals surface area contributed by atoms with Gasteiger partial charge < -0.3 is 9.84 Å². The van der Waals surface area contributed by atoms with Crippen LogP contribution in [0, 0.1) is 0 Å². The van der Waals surface area contributed by atoms with Crippen LogP contribution in [-0.2, 0) is 4.74 Å². The smallest absolute Gasteiger partial charge is 0.182 e. The summed E-state index contributed by atoms with van der Waals surface area (Å²) in [6.07, 6.45) is -0.692. The lowest BCUT2D eigenvalue weighted by Gasteiger charge is -2.02. The predicted octanol–water partition coefficient (Wildman–Crippen LogP) is 1.77. The van der Waals surface area contributed by atoms with E-state index < -0.39 is 6.29 Å². The average Bonchev–Trinajstić information content (AvgIpc) is 2.30. The van der Waals surface area contributed by atoms with Gasteiger partial charge in [0, 0.05) is 5.56 Å². The number of ether oxygens (including phenoxy) is 1. The van der Waals surface area contributed by atoms with E-state index in [9.17, 15) is 5.11 Å². The number of aliphatic hydroxyl groups excluding tert-OH is 1. The SMILES string of the molecule is C[C@@H]1O[C@H](O)c2ccccc21. The second-order valence-corrected chi connectivity index (χ2v) is 2.76. The summed E-state index contributed by atoms with van der Waals surface area (Å²) in [5.41, 5.74) is 2.00. The third-order valence-corrected chi connectivity index (χ3v) is 2.03. The number of benzene rings is 1. The molecule has 1 aliphatic rings. The van der Waals surface area contributed by atoms with E-state index in [1.54, 1.807) is 0 Å². The van der Waals surface area contributed by atoms with Gasteiger partial charge in [0.1, 0.15) is 0 Å². The van der Waals surface area contributed by atoms with Gasteiger partial charge >= 0.3 is 0 Å². The summed E-state index contributed by atoms with van der Waals surface area (Å²) in [5.74, 6) is 0. The highest BCUT2D eigenvalue weighted by atomic mass is 16.6. The van der Waals surface area contributed by atoms with Gasteiger partial charge in [0.2, 0.25) is 0 Å². The quantitative estimate of drug-likeness (QED) is 0.610. The molecule has 11 heavy (non-hydrogen) atoms. The molecule has 2 nitrogen and oxygen atoms in total. The molecule has 0 aliphatic carbocycles. The van der Waals surface area contributed by atoms with Gasteiger partial charge in [-0.3, -0.25) is 0 Å². The largest absolute Gasteiger partial charge is 0.364 e. The molecular formula is C9H10O2. The van der Waals surface area contributed by atoms with E-state index in [1.807, 2.05) is 31.2 Å². The van der Waals surface area contributed by atoms with Gasteiger partial charge in [-0.15, -0.1) is 0 Å². The van der Waals surface area contributed by atoms with Gasteiger partial charge in [0.15, 0.2) is 6.29 Å². The molecule has 1 aromatic carbocycles. The van der Waals surface area contributed by atoms with Gasteiger partial charge in [0.25, 0.3) is 0 Å². The van der Waals surface area contributed by atoms with Crippen molar-refractivity contribution in [3.63, 3.8) is 0 Å². The molecule has 0 bridgehead atoms. The number of hydrogen-bond donors (Lipinski definition) is 1. The standard InChI is InChI=1S/C9H10O2/c1-6-7-4-2-3-5-8(7)9(10)11-6/h2-6,9-10H,1H3/t6-,9-/m0/s1. The third-order valence-electron chi connectivity index (χ3n) is 2.03. The highest BCUT2D eigenvalue weighted by Crippen LogP contribution is 2.36. The Balaban J connectivity index is 2.52. The zero-order chi connectivity index (χ0) is 7.84. The molecule has 0 fully saturated rings. The molecule has 0 saturated heterocycles. The Kier molecular flexibility index (Phi) is 1.44. The molecule has 0 amide bonds. The van der Waals surface area contributed by atoms with Crippen molar-refractivity contribution in [1.29, 1.82) is 0 Å². The topological polar surface area (TPSA) is 29.5 Å². The fourth-order valence-corrected chi connectivity index (χ4v) is 1.45. The summed E-state index contributed by atoms with van der Waals surface area (Å²) in [7, 11) is 0. The van der Waals surface area contributed by atoms with Crippen LogP contribution < -0.4 is 0 Å². The molecule has 0 unspecified atom stereocenters. The van der Waals surface area contributed by atoms with Crippen LogP contribution in [0.2, 0.25) is 0 Å². The first kappa shape index (κ1) is 6.83. The van der Waals surface area contributed by atoms with Crippen molar-refractivity contribution in [1.82, 2.24) is 0 Å². The molecule has 2 rings (SSSR count).